The summed E-state index contributed by atoms with van der Waals surface area (Å²) in [6, 6.07) is 7.62. The first-order valence-electron chi connectivity index (χ1n) is 6.07. The number of aromatic amines is 1. The van der Waals surface area contributed by atoms with Crippen molar-refractivity contribution >= 4 is 23.4 Å². The molecule has 1 aromatic carbocycles. The molecule has 100 valence electrons. The van der Waals surface area contributed by atoms with E-state index in [9.17, 15) is 4.79 Å². The van der Waals surface area contributed by atoms with Crippen molar-refractivity contribution < 1.29 is 0 Å². The predicted octanol–water partition coefficient (Wildman–Crippen LogP) is 3.59. The van der Waals surface area contributed by atoms with Crippen molar-refractivity contribution in [3.05, 3.63) is 56.7 Å². The Balaban J connectivity index is 2.12. The topological polar surface area (TPSA) is 45.8 Å². The molecular weight excluding hydrogens is 280 g/mol. The molecule has 5 heteroatoms. The van der Waals surface area contributed by atoms with Crippen LogP contribution in [0.15, 0.2) is 34.0 Å². The van der Waals surface area contributed by atoms with Crippen LogP contribution in [0.3, 0.4) is 0 Å². The fraction of sp³-hybridized carbons (Fsp3) is 0.286. The van der Waals surface area contributed by atoms with Gasteiger partial charge in [-0.3, -0.25) is 4.79 Å². The third-order valence-corrected chi connectivity index (χ3v) is 4.09. The Labute approximate surface area is 121 Å². The number of hydrogen-bond acceptors (Lipinski definition) is 3. The van der Waals surface area contributed by atoms with Gasteiger partial charge in [-0.25, -0.2) is 4.98 Å². The van der Waals surface area contributed by atoms with Crippen molar-refractivity contribution in [2.75, 3.05) is 0 Å². The number of benzene rings is 1. The van der Waals surface area contributed by atoms with Crippen molar-refractivity contribution in [2.45, 2.75) is 30.9 Å². The number of halogens is 1. The summed E-state index contributed by atoms with van der Waals surface area (Å²) in [4.78, 5) is 20.2. The molecule has 0 fully saturated rings. The lowest BCUT2D eigenvalue weighted by atomic mass is 10.2. The molecule has 0 aliphatic heterocycles. The van der Waals surface area contributed by atoms with Crippen LogP contribution in [0.4, 0.5) is 0 Å². The average molecular weight is 295 g/mol. The quantitative estimate of drug-likeness (QED) is 0.877. The number of rotatable bonds is 4. The summed E-state index contributed by atoms with van der Waals surface area (Å²) in [5.41, 5.74) is 1.56. The second-order valence-corrected chi connectivity index (χ2v) is 5.66. The molecule has 0 atom stereocenters. The first-order chi connectivity index (χ1) is 9.10. The van der Waals surface area contributed by atoms with E-state index in [-0.39, 0.29) is 5.56 Å². The summed E-state index contributed by atoms with van der Waals surface area (Å²) in [5.74, 6) is 1.35. The Bertz CT molecular complexity index is 622. The van der Waals surface area contributed by atoms with Crippen molar-refractivity contribution in [3.8, 4) is 0 Å². The van der Waals surface area contributed by atoms with E-state index in [1.54, 1.807) is 11.8 Å². The van der Waals surface area contributed by atoms with Crippen LogP contribution in [0.1, 0.15) is 24.0 Å². The molecule has 0 amide bonds. The molecule has 0 radical (unpaired) electrons. The Morgan fingerprint density at radius 1 is 1.32 bits per heavy atom. The number of nitrogens with one attached hydrogen (secondary N) is 1. The van der Waals surface area contributed by atoms with Crippen LogP contribution < -0.4 is 5.56 Å². The summed E-state index contributed by atoms with van der Waals surface area (Å²) in [5, 5.41) is 0.721. The van der Waals surface area contributed by atoms with Gasteiger partial charge in [0, 0.05) is 21.2 Å². The van der Waals surface area contributed by atoms with Gasteiger partial charge >= 0.3 is 0 Å². The number of aryl methyl sites for hydroxylation is 1. The molecule has 0 aliphatic carbocycles. The minimum Gasteiger partial charge on any atom is -0.310 e. The fourth-order valence-electron chi connectivity index (χ4n) is 1.84. The van der Waals surface area contributed by atoms with E-state index in [4.69, 9.17) is 11.6 Å². The molecule has 1 N–H and O–H groups in total. The van der Waals surface area contributed by atoms with Gasteiger partial charge in [0.2, 0.25) is 0 Å². The van der Waals surface area contributed by atoms with Gasteiger partial charge in [0.05, 0.1) is 5.75 Å². The van der Waals surface area contributed by atoms with E-state index in [0.717, 1.165) is 21.2 Å². The van der Waals surface area contributed by atoms with Crippen molar-refractivity contribution in [1.29, 1.82) is 0 Å². The zero-order valence-electron chi connectivity index (χ0n) is 10.9. The Morgan fingerprint density at radius 3 is 2.58 bits per heavy atom. The number of aromatic nitrogens is 2. The lowest BCUT2D eigenvalue weighted by Gasteiger charge is -2.05. The highest BCUT2D eigenvalue weighted by Crippen LogP contribution is 2.22. The molecule has 19 heavy (non-hydrogen) atoms. The van der Waals surface area contributed by atoms with E-state index >= 15 is 0 Å². The molecule has 0 unspecified atom stereocenters. The van der Waals surface area contributed by atoms with Gasteiger partial charge in [0.25, 0.3) is 5.56 Å². The van der Waals surface area contributed by atoms with Gasteiger partial charge in [-0.15, -0.1) is 11.8 Å². The number of hydrogen-bond donors (Lipinski definition) is 1. The molecule has 0 spiro atoms. The van der Waals surface area contributed by atoms with Crippen molar-refractivity contribution in [3.63, 3.8) is 0 Å². The molecule has 3 nitrogen and oxygen atoms in total. The van der Waals surface area contributed by atoms with Crippen LogP contribution in [0, 0.1) is 6.92 Å². The zero-order valence-corrected chi connectivity index (χ0v) is 12.4. The monoisotopic (exact) mass is 294 g/mol. The Morgan fingerprint density at radius 2 is 2.00 bits per heavy atom. The molecule has 1 heterocycles. The van der Waals surface area contributed by atoms with Gasteiger partial charge in [0.15, 0.2) is 0 Å². The van der Waals surface area contributed by atoms with E-state index in [1.807, 2.05) is 38.1 Å². The van der Waals surface area contributed by atoms with Gasteiger partial charge in [-0.2, -0.15) is 0 Å². The predicted molar refractivity (Wildman–Crippen MR) is 80.0 cm³/mol. The number of H-pyrrole nitrogens is 1. The fourth-order valence-corrected chi connectivity index (χ4v) is 2.73. The summed E-state index contributed by atoms with van der Waals surface area (Å²) >= 11 is 7.46. The maximum Gasteiger partial charge on any atom is 0.254 e. The van der Waals surface area contributed by atoms with Crippen LogP contribution in [0.5, 0.6) is 0 Å². The normalized spacial score (nSPS) is 10.7. The van der Waals surface area contributed by atoms with E-state index in [2.05, 4.69) is 9.97 Å². The summed E-state index contributed by atoms with van der Waals surface area (Å²) in [6.07, 6.45) is 0.707. The largest absolute Gasteiger partial charge is 0.310 e. The van der Waals surface area contributed by atoms with Gasteiger partial charge in [-0.1, -0.05) is 18.5 Å². The van der Waals surface area contributed by atoms with Crippen LogP contribution >= 0.6 is 23.4 Å². The summed E-state index contributed by atoms with van der Waals surface area (Å²) < 4.78 is 0. The standard InChI is InChI=1S/C14H15ClN2OS/c1-3-12-9(2)16-13(17-14(12)18)8-19-11-6-4-10(15)5-7-11/h4-7H,3,8H2,1-2H3,(H,16,17,18). The Kier molecular flexibility index (Phi) is 4.66. The maximum atomic E-state index is 11.8. The molecule has 2 rings (SSSR count). The average Bonchev–Trinajstić information content (AvgIpc) is 2.38. The number of nitrogens with zero attached hydrogens (tertiary/aromatic N) is 1. The zero-order chi connectivity index (χ0) is 13.8. The lowest BCUT2D eigenvalue weighted by Crippen LogP contribution is -2.18. The smallest absolute Gasteiger partial charge is 0.254 e. The van der Waals surface area contributed by atoms with Gasteiger partial charge in [0.1, 0.15) is 5.82 Å². The van der Waals surface area contributed by atoms with Gasteiger partial charge in [-0.05, 0) is 37.6 Å². The number of thioether (sulfide) groups is 1. The summed E-state index contributed by atoms with van der Waals surface area (Å²) in [6.45, 7) is 3.84. The van der Waals surface area contributed by atoms with Crippen LogP contribution in [-0.4, -0.2) is 9.97 Å². The first-order valence-corrected chi connectivity index (χ1v) is 7.43. The highest BCUT2D eigenvalue weighted by Gasteiger charge is 2.06. The highest BCUT2D eigenvalue weighted by atomic mass is 35.5. The van der Waals surface area contributed by atoms with Crippen LogP contribution in [-0.2, 0) is 12.2 Å². The summed E-state index contributed by atoms with van der Waals surface area (Å²) in [7, 11) is 0. The second-order valence-electron chi connectivity index (χ2n) is 4.17. The third-order valence-electron chi connectivity index (χ3n) is 2.81. The SMILES string of the molecule is CCc1c(C)nc(CSc2ccc(Cl)cc2)[nH]c1=O. The van der Waals surface area contributed by atoms with E-state index in [0.29, 0.717) is 18.0 Å². The van der Waals surface area contributed by atoms with Crippen LogP contribution in [0.25, 0.3) is 0 Å². The highest BCUT2D eigenvalue weighted by molar-refractivity contribution is 7.98. The van der Waals surface area contributed by atoms with E-state index in [1.165, 1.54) is 0 Å². The lowest BCUT2D eigenvalue weighted by molar-refractivity contribution is 0.907. The van der Waals surface area contributed by atoms with Crippen molar-refractivity contribution in [2.24, 2.45) is 0 Å². The maximum absolute atomic E-state index is 11.8. The van der Waals surface area contributed by atoms with Crippen molar-refractivity contribution in [1.82, 2.24) is 9.97 Å². The first kappa shape index (κ1) is 14.2. The molecule has 0 saturated heterocycles. The minimum absolute atomic E-state index is 0.0262. The molecular formula is C14H15ClN2OS. The molecule has 2 aromatic rings. The van der Waals surface area contributed by atoms with Gasteiger partial charge < -0.3 is 4.98 Å². The molecule has 1 aromatic heterocycles. The Hall–Kier alpha value is -1.26. The molecule has 0 bridgehead atoms. The molecule has 0 aliphatic rings. The third kappa shape index (κ3) is 3.61. The minimum atomic E-state index is -0.0262. The van der Waals surface area contributed by atoms with E-state index < -0.39 is 0 Å². The molecule has 0 saturated carbocycles. The second kappa shape index (κ2) is 6.26. The van der Waals surface area contributed by atoms with Crippen LogP contribution in [0.2, 0.25) is 5.02 Å².